The van der Waals surface area contributed by atoms with Crippen LogP contribution < -0.4 is 9.47 Å². The molecule has 1 aliphatic rings. The van der Waals surface area contributed by atoms with E-state index in [9.17, 15) is 0 Å². The Bertz CT molecular complexity index is 318. The molecule has 0 radical (unpaired) electrons. The zero-order chi connectivity index (χ0) is 9.26. The SMILES string of the molecule is OCC1COc2ccc(Cl)nc2O1. The van der Waals surface area contributed by atoms with Crippen LogP contribution in [-0.4, -0.2) is 29.4 Å². The second-order valence-electron chi connectivity index (χ2n) is 2.67. The normalized spacial score (nSPS) is 20.0. The molecular formula is C8H8ClNO3. The van der Waals surface area contributed by atoms with Crippen molar-refractivity contribution >= 4 is 11.6 Å². The first-order valence-electron chi connectivity index (χ1n) is 3.86. The number of halogens is 1. The number of ether oxygens (including phenoxy) is 2. The fourth-order valence-corrected chi connectivity index (χ4v) is 1.20. The Morgan fingerprint density at radius 3 is 3.23 bits per heavy atom. The Hall–Kier alpha value is -1.00. The standard InChI is InChI=1S/C8H8ClNO3/c9-7-2-1-6-8(10-7)13-5(3-11)4-12-6/h1-2,5,11H,3-4H2. The van der Waals surface area contributed by atoms with E-state index in [1.807, 2.05) is 0 Å². The van der Waals surface area contributed by atoms with Crippen molar-refractivity contribution in [2.45, 2.75) is 6.10 Å². The van der Waals surface area contributed by atoms with Gasteiger partial charge in [0.2, 0.25) is 0 Å². The maximum atomic E-state index is 8.82. The highest BCUT2D eigenvalue weighted by molar-refractivity contribution is 6.29. The molecule has 1 aromatic heterocycles. The van der Waals surface area contributed by atoms with Crippen molar-refractivity contribution in [1.82, 2.24) is 4.98 Å². The average Bonchev–Trinajstić information content (AvgIpc) is 2.16. The van der Waals surface area contributed by atoms with Crippen LogP contribution in [0.4, 0.5) is 0 Å². The molecule has 0 fully saturated rings. The Balaban J connectivity index is 2.27. The summed E-state index contributed by atoms with van der Waals surface area (Å²) in [6, 6.07) is 3.32. The van der Waals surface area contributed by atoms with E-state index < -0.39 is 0 Å². The number of nitrogens with zero attached hydrogens (tertiary/aromatic N) is 1. The van der Waals surface area contributed by atoms with Crippen molar-refractivity contribution in [1.29, 1.82) is 0 Å². The summed E-state index contributed by atoms with van der Waals surface area (Å²) >= 11 is 5.66. The Labute approximate surface area is 80.1 Å². The molecule has 0 aliphatic carbocycles. The zero-order valence-corrected chi connectivity index (χ0v) is 7.49. The van der Waals surface area contributed by atoms with E-state index in [1.54, 1.807) is 12.1 Å². The fourth-order valence-electron chi connectivity index (χ4n) is 1.06. The van der Waals surface area contributed by atoms with E-state index in [0.29, 0.717) is 23.4 Å². The lowest BCUT2D eigenvalue weighted by atomic mass is 10.3. The second kappa shape index (κ2) is 3.40. The molecule has 70 valence electrons. The quantitative estimate of drug-likeness (QED) is 0.685. The third kappa shape index (κ3) is 1.68. The minimum absolute atomic E-state index is 0.0896. The van der Waals surface area contributed by atoms with Gasteiger partial charge in [0.05, 0.1) is 6.61 Å². The summed E-state index contributed by atoms with van der Waals surface area (Å²) < 4.78 is 10.6. The van der Waals surface area contributed by atoms with Crippen LogP contribution in [0.5, 0.6) is 11.6 Å². The van der Waals surface area contributed by atoms with Crippen LogP contribution in [0.2, 0.25) is 5.15 Å². The van der Waals surface area contributed by atoms with Gasteiger partial charge >= 0.3 is 0 Å². The molecule has 1 unspecified atom stereocenters. The number of hydrogen-bond donors (Lipinski definition) is 1. The summed E-state index contributed by atoms with van der Waals surface area (Å²) in [6.45, 7) is 0.250. The topological polar surface area (TPSA) is 51.6 Å². The third-order valence-electron chi connectivity index (χ3n) is 1.70. The average molecular weight is 202 g/mol. The molecule has 0 saturated heterocycles. The van der Waals surface area contributed by atoms with Gasteiger partial charge in [-0.1, -0.05) is 11.6 Å². The molecule has 0 aromatic carbocycles. The first kappa shape index (κ1) is 8.59. The molecule has 1 N–H and O–H groups in total. The van der Waals surface area contributed by atoms with Crippen molar-refractivity contribution < 1.29 is 14.6 Å². The van der Waals surface area contributed by atoms with E-state index >= 15 is 0 Å². The van der Waals surface area contributed by atoms with Gasteiger partial charge in [-0.15, -0.1) is 0 Å². The van der Waals surface area contributed by atoms with Crippen molar-refractivity contribution in [2.24, 2.45) is 0 Å². The van der Waals surface area contributed by atoms with E-state index in [2.05, 4.69) is 4.98 Å². The van der Waals surface area contributed by atoms with Crippen LogP contribution in [0.1, 0.15) is 0 Å². The zero-order valence-electron chi connectivity index (χ0n) is 6.74. The second-order valence-corrected chi connectivity index (χ2v) is 3.06. The maximum absolute atomic E-state index is 8.82. The molecule has 0 saturated carbocycles. The molecule has 1 atom stereocenters. The third-order valence-corrected chi connectivity index (χ3v) is 1.91. The predicted octanol–water partition coefficient (Wildman–Crippen LogP) is 0.867. The first-order valence-corrected chi connectivity index (χ1v) is 4.24. The number of hydrogen-bond acceptors (Lipinski definition) is 4. The Morgan fingerprint density at radius 2 is 2.46 bits per heavy atom. The van der Waals surface area contributed by atoms with Gasteiger partial charge in [0.25, 0.3) is 5.88 Å². The number of fused-ring (bicyclic) bond motifs is 1. The Kier molecular flexibility index (Phi) is 2.24. The number of pyridine rings is 1. The van der Waals surface area contributed by atoms with Crippen LogP contribution in [0.3, 0.4) is 0 Å². The van der Waals surface area contributed by atoms with E-state index in [0.717, 1.165) is 0 Å². The molecular weight excluding hydrogens is 194 g/mol. The minimum Gasteiger partial charge on any atom is -0.484 e. The summed E-state index contributed by atoms with van der Waals surface area (Å²) in [5.41, 5.74) is 0. The van der Waals surface area contributed by atoms with Crippen molar-refractivity contribution in [2.75, 3.05) is 13.2 Å². The summed E-state index contributed by atoms with van der Waals surface area (Å²) in [4.78, 5) is 3.92. The molecule has 13 heavy (non-hydrogen) atoms. The lowest BCUT2D eigenvalue weighted by molar-refractivity contribution is 0.0411. The van der Waals surface area contributed by atoms with Gasteiger partial charge in [0.15, 0.2) is 11.9 Å². The van der Waals surface area contributed by atoms with Crippen LogP contribution in [0.25, 0.3) is 0 Å². The number of aliphatic hydroxyl groups excluding tert-OH is 1. The summed E-state index contributed by atoms with van der Waals surface area (Å²) in [6.07, 6.45) is -0.349. The Morgan fingerprint density at radius 1 is 1.62 bits per heavy atom. The van der Waals surface area contributed by atoms with Crippen molar-refractivity contribution in [3.63, 3.8) is 0 Å². The lowest BCUT2D eigenvalue weighted by Gasteiger charge is -2.23. The highest BCUT2D eigenvalue weighted by atomic mass is 35.5. The van der Waals surface area contributed by atoms with Crippen LogP contribution >= 0.6 is 11.6 Å². The molecule has 0 spiro atoms. The molecule has 1 aliphatic heterocycles. The fraction of sp³-hybridized carbons (Fsp3) is 0.375. The molecule has 5 heteroatoms. The van der Waals surface area contributed by atoms with Crippen LogP contribution in [0.15, 0.2) is 12.1 Å². The first-order chi connectivity index (χ1) is 6.29. The van der Waals surface area contributed by atoms with Crippen LogP contribution in [-0.2, 0) is 0 Å². The largest absolute Gasteiger partial charge is 0.484 e. The lowest BCUT2D eigenvalue weighted by Crippen LogP contribution is -2.32. The van der Waals surface area contributed by atoms with Gasteiger partial charge in [-0.05, 0) is 12.1 Å². The van der Waals surface area contributed by atoms with E-state index in [1.165, 1.54) is 0 Å². The van der Waals surface area contributed by atoms with Crippen molar-refractivity contribution in [3.8, 4) is 11.6 Å². The molecule has 2 rings (SSSR count). The van der Waals surface area contributed by atoms with Crippen molar-refractivity contribution in [3.05, 3.63) is 17.3 Å². The van der Waals surface area contributed by atoms with Gasteiger partial charge in [-0.25, -0.2) is 0 Å². The molecule has 0 amide bonds. The van der Waals surface area contributed by atoms with Gasteiger partial charge in [-0.2, -0.15) is 4.98 Å². The highest BCUT2D eigenvalue weighted by Crippen LogP contribution is 2.30. The number of aromatic nitrogens is 1. The summed E-state index contributed by atoms with van der Waals surface area (Å²) in [5, 5.41) is 9.17. The smallest absolute Gasteiger partial charge is 0.258 e. The predicted molar refractivity (Wildman–Crippen MR) is 46.2 cm³/mol. The number of aliphatic hydroxyl groups is 1. The van der Waals surface area contributed by atoms with Crippen LogP contribution in [0, 0.1) is 0 Å². The van der Waals surface area contributed by atoms with Gasteiger partial charge in [0.1, 0.15) is 11.8 Å². The highest BCUT2D eigenvalue weighted by Gasteiger charge is 2.21. The minimum atomic E-state index is -0.349. The monoisotopic (exact) mass is 201 g/mol. The van der Waals surface area contributed by atoms with E-state index in [4.69, 9.17) is 26.2 Å². The molecule has 1 aromatic rings. The summed E-state index contributed by atoms with van der Waals surface area (Å²) in [7, 11) is 0. The van der Waals surface area contributed by atoms with E-state index in [-0.39, 0.29) is 12.7 Å². The maximum Gasteiger partial charge on any atom is 0.258 e. The summed E-state index contributed by atoms with van der Waals surface area (Å²) in [5.74, 6) is 0.909. The number of rotatable bonds is 1. The van der Waals surface area contributed by atoms with Gasteiger partial charge < -0.3 is 14.6 Å². The molecule has 0 bridgehead atoms. The van der Waals surface area contributed by atoms with Gasteiger partial charge in [-0.3, -0.25) is 0 Å². The molecule has 2 heterocycles. The van der Waals surface area contributed by atoms with Gasteiger partial charge in [0, 0.05) is 0 Å². The molecule has 4 nitrogen and oxygen atoms in total.